The number of methoxy groups -OCH3 is 1. The van der Waals surface area contributed by atoms with Gasteiger partial charge in [-0.25, -0.2) is 0 Å². The van der Waals surface area contributed by atoms with Crippen molar-refractivity contribution >= 4 is 11.6 Å². The van der Waals surface area contributed by atoms with E-state index in [1.54, 1.807) is 43.6 Å². The number of benzene rings is 1. The number of rotatable bonds is 6. The fourth-order valence-corrected chi connectivity index (χ4v) is 3.00. The molecule has 0 aliphatic heterocycles. The fourth-order valence-electron chi connectivity index (χ4n) is 3.00. The maximum atomic E-state index is 12.5. The SMILES string of the molecule is COc1ccc(NC(=O)c2cccnc2CO)cc1OC1CCCC1. The molecule has 0 radical (unpaired) electrons. The van der Waals surface area contributed by atoms with Crippen LogP contribution in [0.4, 0.5) is 5.69 Å². The topological polar surface area (TPSA) is 80.7 Å². The molecule has 3 rings (SSSR count). The Kier molecular flexibility index (Phi) is 5.50. The summed E-state index contributed by atoms with van der Waals surface area (Å²) in [7, 11) is 1.60. The number of amides is 1. The predicted molar refractivity (Wildman–Crippen MR) is 94.0 cm³/mol. The summed E-state index contributed by atoms with van der Waals surface area (Å²) >= 11 is 0. The highest BCUT2D eigenvalue weighted by atomic mass is 16.5. The van der Waals surface area contributed by atoms with Crippen molar-refractivity contribution in [1.82, 2.24) is 4.98 Å². The van der Waals surface area contributed by atoms with E-state index in [1.807, 2.05) is 0 Å². The summed E-state index contributed by atoms with van der Waals surface area (Å²) in [5, 5.41) is 12.2. The second-order valence-corrected chi connectivity index (χ2v) is 6.00. The van der Waals surface area contributed by atoms with E-state index in [0.717, 1.165) is 12.8 Å². The van der Waals surface area contributed by atoms with E-state index in [9.17, 15) is 9.90 Å². The van der Waals surface area contributed by atoms with Crippen LogP contribution in [0.25, 0.3) is 0 Å². The van der Waals surface area contributed by atoms with Crippen LogP contribution in [-0.4, -0.2) is 29.2 Å². The number of pyridine rings is 1. The Morgan fingerprint density at radius 1 is 1.28 bits per heavy atom. The van der Waals surface area contributed by atoms with Crippen molar-refractivity contribution in [1.29, 1.82) is 0 Å². The van der Waals surface area contributed by atoms with Gasteiger partial charge in [0.15, 0.2) is 11.5 Å². The first kappa shape index (κ1) is 17.2. The number of aliphatic hydroxyl groups excluding tert-OH is 1. The zero-order valence-electron chi connectivity index (χ0n) is 14.2. The molecule has 0 atom stereocenters. The van der Waals surface area contributed by atoms with Crippen LogP contribution in [0, 0.1) is 0 Å². The average molecular weight is 342 g/mol. The zero-order valence-corrected chi connectivity index (χ0v) is 14.2. The van der Waals surface area contributed by atoms with Crippen molar-refractivity contribution in [2.24, 2.45) is 0 Å². The van der Waals surface area contributed by atoms with E-state index in [0.29, 0.717) is 28.4 Å². The van der Waals surface area contributed by atoms with Crippen LogP contribution in [0.2, 0.25) is 0 Å². The number of carbonyl (C=O) groups excluding carboxylic acids is 1. The Morgan fingerprint density at radius 3 is 2.80 bits per heavy atom. The molecule has 1 aromatic carbocycles. The average Bonchev–Trinajstić information content (AvgIpc) is 3.15. The van der Waals surface area contributed by atoms with E-state index in [1.165, 1.54) is 12.8 Å². The fraction of sp³-hybridized carbons (Fsp3) is 0.368. The highest BCUT2D eigenvalue weighted by molar-refractivity contribution is 6.05. The third kappa shape index (κ3) is 4.09. The monoisotopic (exact) mass is 342 g/mol. The number of nitrogens with zero attached hydrogens (tertiary/aromatic N) is 1. The van der Waals surface area contributed by atoms with Crippen LogP contribution in [0.3, 0.4) is 0 Å². The van der Waals surface area contributed by atoms with Crippen LogP contribution in [0.15, 0.2) is 36.5 Å². The molecule has 1 amide bonds. The van der Waals surface area contributed by atoms with Gasteiger partial charge in [-0.2, -0.15) is 0 Å². The summed E-state index contributed by atoms with van der Waals surface area (Å²) in [5.74, 6) is 0.942. The molecule has 25 heavy (non-hydrogen) atoms. The van der Waals surface area contributed by atoms with Crippen molar-refractivity contribution in [2.75, 3.05) is 12.4 Å². The largest absolute Gasteiger partial charge is 0.493 e. The first-order chi connectivity index (χ1) is 12.2. The molecule has 132 valence electrons. The third-order valence-electron chi connectivity index (χ3n) is 4.30. The lowest BCUT2D eigenvalue weighted by Gasteiger charge is -2.17. The van der Waals surface area contributed by atoms with Gasteiger partial charge in [0.25, 0.3) is 5.91 Å². The Bertz CT molecular complexity index is 742. The summed E-state index contributed by atoms with van der Waals surface area (Å²) < 4.78 is 11.4. The van der Waals surface area contributed by atoms with Gasteiger partial charge >= 0.3 is 0 Å². The molecule has 0 saturated heterocycles. The van der Waals surface area contributed by atoms with E-state index in [4.69, 9.17) is 9.47 Å². The third-order valence-corrected chi connectivity index (χ3v) is 4.30. The summed E-state index contributed by atoms with van der Waals surface area (Å²) in [5.41, 5.74) is 1.29. The molecule has 2 N–H and O–H groups in total. The normalized spacial score (nSPS) is 14.3. The van der Waals surface area contributed by atoms with Gasteiger partial charge in [-0.1, -0.05) is 0 Å². The molecule has 2 aromatic rings. The van der Waals surface area contributed by atoms with Gasteiger partial charge in [0, 0.05) is 18.0 Å². The number of anilines is 1. The van der Waals surface area contributed by atoms with Crippen LogP contribution in [0.1, 0.15) is 41.7 Å². The van der Waals surface area contributed by atoms with Gasteiger partial charge in [0.2, 0.25) is 0 Å². The molecule has 6 nitrogen and oxygen atoms in total. The molecule has 1 heterocycles. The van der Waals surface area contributed by atoms with Gasteiger partial charge in [-0.05, 0) is 49.9 Å². The van der Waals surface area contributed by atoms with Gasteiger partial charge in [0.1, 0.15) is 0 Å². The lowest BCUT2D eigenvalue weighted by atomic mass is 10.1. The van der Waals surface area contributed by atoms with Crippen molar-refractivity contribution in [2.45, 2.75) is 38.4 Å². The second-order valence-electron chi connectivity index (χ2n) is 6.00. The molecular formula is C19H22N2O4. The molecule has 1 saturated carbocycles. The van der Waals surface area contributed by atoms with Crippen molar-refractivity contribution < 1.29 is 19.4 Å². The Labute approximate surface area is 146 Å². The van der Waals surface area contributed by atoms with Crippen LogP contribution >= 0.6 is 0 Å². The van der Waals surface area contributed by atoms with Crippen molar-refractivity contribution in [3.8, 4) is 11.5 Å². The highest BCUT2D eigenvalue weighted by Crippen LogP contribution is 2.34. The van der Waals surface area contributed by atoms with Crippen molar-refractivity contribution in [3.63, 3.8) is 0 Å². The Balaban J connectivity index is 1.78. The zero-order chi connectivity index (χ0) is 17.6. The lowest BCUT2D eigenvalue weighted by molar-refractivity contribution is 0.102. The smallest absolute Gasteiger partial charge is 0.257 e. The van der Waals surface area contributed by atoms with E-state index < -0.39 is 0 Å². The first-order valence-corrected chi connectivity index (χ1v) is 8.42. The Morgan fingerprint density at radius 2 is 2.08 bits per heavy atom. The lowest BCUT2D eigenvalue weighted by Crippen LogP contribution is -2.16. The molecule has 1 aliphatic rings. The molecule has 1 aliphatic carbocycles. The standard InChI is InChI=1S/C19H22N2O4/c1-24-17-9-8-13(11-18(17)25-14-5-2-3-6-14)21-19(23)15-7-4-10-20-16(15)12-22/h4,7-11,14,22H,2-3,5-6,12H2,1H3,(H,21,23). The maximum absolute atomic E-state index is 12.5. The quantitative estimate of drug-likeness (QED) is 0.843. The summed E-state index contributed by atoms with van der Waals surface area (Å²) in [6, 6.07) is 8.59. The predicted octanol–water partition coefficient (Wildman–Crippen LogP) is 3.16. The van der Waals surface area contributed by atoms with E-state index in [-0.39, 0.29) is 18.6 Å². The number of ether oxygens (including phenoxy) is 2. The van der Waals surface area contributed by atoms with Crippen LogP contribution in [-0.2, 0) is 6.61 Å². The molecule has 1 fully saturated rings. The molecule has 0 bridgehead atoms. The minimum atomic E-state index is -0.325. The minimum absolute atomic E-state index is 0.194. The molecule has 0 unspecified atom stereocenters. The number of hydrogen-bond donors (Lipinski definition) is 2. The van der Waals surface area contributed by atoms with Crippen LogP contribution < -0.4 is 14.8 Å². The van der Waals surface area contributed by atoms with Gasteiger partial charge in [-0.15, -0.1) is 0 Å². The van der Waals surface area contributed by atoms with Crippen molar-refractivity contribution in [3.05, 3.63) is 47.8 Å². The summed E-state index contributed by atoms with van der Waals surface area (Å²) in [6.07, 6.45) is 6.16. The summed E-state index contributed by atoms with van der Waals surface area (Å²) in [4.78, 5) is 16.5. The van der Waals surface area contributed by atoms with E-state index >= 15 is 0 Å². The number of aromatic nitrogens is 1. The first-order valence-electron chi connectivity index (χ1n) is 8.42. The number of hydrogen-bond acceptors (Lipinski definition) is 5. The number of carbonyl (C=O) groups is 1. The maximum Gasteiger partial charge on any atom is 0.257 e. The minimum Gasteiger partial charge on any atom is -0.493 e. The molecule has 0 spiro atoms. The molecule has 1 aromatic heterocycles. The Hall–Kier alpha value is -2.60. The molecule has 6 heteroatoms. The number of nitrogens with one attached hydrogen (secondary N) is 1. The van der Waals surface area contributed by atoms with Gasteiger partial charge in [0.05, 0.1) is 31.1 Å². The van der Waals surface area contributed by atoms with E-state index in [2.05, 4.69) is 10.3 Å². The molecular weight excluding hydrogens is 320 g/mol. The second kappa shape index (κ2) is 7.98. The van der Waals surface area contributed by atoms with Crippen LogP contribution in [0.5, 0.6) is 11.5 Å². The highest BCUT2D eigenvalue weighted by Gasteiger charge is 2.19. The van der Waals surface area contributed by atoms with Gasteiger partial charge in [-0.3, -0.25) is 9.78 Å². The number of aliphatic hydroxyl groups is 1. The van der Waals surface area contributed by atoms with Gasteiger partial charge < -0.3 is 19.9 Å². The summed E-state index contributed by atoms with van der Waals surface area (Å²) in [6.45, 7) is -0.289.